The number of benzene rings is 1. The summed E-state index contributed by atoms with van der Waals surface area (Å²) < 4.78 is 0. The number of nitrogens with zero attached hydrogens (tertiary/aromatic N) is 1. The number of anilines is 1. The van der Waals surface area contributed by atoms with E-state index in [9.17, 15) is 4.79 Å². The number of amides is 1. The number of nitrogens with two attached hydrogens (primary N) is 1. The highest BCUT2D eigenvalue weighted by atomic mass is 16.2. The van der Waals surface area contributed by atoms with Crippen LogP contribution in [0.3, 0.4) is 0 Å². The van der Waals surface area contributed by atoms with Gasteiger partial charge in [0, 0.05) is 24.3 Å². The average molecular weight is 329 g/mol. The Morgan fingerprint density at radius 2 is 2.04 bits per heavy atom. The van der Waals surface area contributed by atoms with Gasteiger partial charge in [0.05, 0.1) is 12.0 Å². The van der Waals surface area contributed by atoms with E-state index in [1.54, 1.807) is 0 Å². The molecule has 132 valence electrons. The highest BCUT2D eigenvalue weighted by Gasteiger charge is 2.38. The van der Waals surface area contributed by atoms with Crippen molar-refractivity contribution in [2.45, 2.75) is 64.0 Å². The second-order valence-corrected chi connectivity index (χ2v) is 7.82. The third kappa shape index (κ3) is 3.75. The first-order valence-corrected chi connectivity index (χ1v) is 9.41. The van der Waals surface area contributed by atoms with Crippen LogP contribution in [0.25, 0.3) is 0 Å². The summed E-state index contributed by atoms with van der Waals surface area (Å²) in [5.41, 5.74) is 8.44. The van der Waals surface area contributed by atoms with E-state index in [1.165, 1.54) is 24.1 Å². The van der Waals surface area contributed by atoms with Crippen molar-refractivity contribution >= 4 is 11.6 Å². The summed E-state index contributed by atoms with van der Waals surface area (Å²) in [7, 11) is 0. The van der Waals surface area contributed by atoms with Crippen molar-refractivity contribution in [3.63, 3.8) is 0 Å². The van der Waals surface area contributed by atoms with E-state index in [2.05, 4.69) is 41.4 Å². The maximum Gasteiger partial charge on any atom is 0.225 e. The molecule has 1 saturated carbocycles. The SMILES string of the molecule is CC(NC(=O)C1CCCCC1(C)N)c1cccc(N2CCCC2)c1. The third-order valence-corrected chi connectivity index (χ3v) is 5.77. The molecule has 3 rings (SSSR count). The fourth-order valence-corrected chi connectivity index (χ4v) is 4.15. The van der Waals surface area contributed by atoms with Crippen LogP contribution in [0, 0.1) is 5.92 Å². The Morgan fingerprint density at radius 3 is 2.75 bits per heavy atom. The van der Waals surface area contributed by atoms with Crippen LogP contribution >= 0.6 is 0 Å². The van der Waals surface area contributed by atoms with Crippen molar-refractivity contribution in [3.8, 4) is 0 Å². The smallest absolute Gasteiger partial charge is 0.225 e. The predicted octanol–water partition coefficient (Wildman–Crippen LogP) is 3.37. The van der Waals surface area contributed by atoms with Crippen molar-refractivity contribution in [3.05, 3.63) is 29.8 Å². The van der Waals surface area contributed by atoms with E-state index in [0.29, 0.717) is 0 Å². The molecule has 3 N–H and O–H groups in total. The largest absolute Gasteiger partial charge is 0.372 e. The van der Waals surface area contributed by atoms with Gasteiger partial charge in [0.25, 0.3) is 0 Å². The summed E-state index contributed by atoms with van der Waals surface area (Å²) in [5.74, 6) is 0.0363. The molecule has 0 spiro atoms. The minimum atomic E-state index is -0.376. The summed E-state index contributed by atoms with van der Waals surface area (Å²) in [4.78, 5) is 15.2. The molecule has 1 aliphatic carbocycles. The van der Waals surface area contributed by atoms with E-state index >= 15 is 0 Å². The van der Waals surface area contributed by atoms with Gasteiger partial charge in [0.1, 0.15) is 0 Å². The van der Waals surface area contributed by atoms with E-state index in [-0.39, 0.29) is 23.4 Å². The average Bonchev–Trinajstić information content (AvgIpc) is 3.09. The molecule has 1 aromatic carbocycles. The lowest BCUT2D eigenvalue weighted by Gasteiger charge is -2.37. The summed E-state index contributed by atoms with van der Waals surface area (Å²) in [5, 5.41) is 3.20. The van der Waals surface area contributed by atoms with Gasteiger partial charge in [-0.3, -0.25) is 4.79 Å². The first-order valence-electron chi connectivity index (χ1n) is 9.41. The van der Waals surface area contributed by atoms with Gasteiger partial charge in [-0.1, -0.05) is 25.0 Å². The van der Waals surface area contributed by atoms with E-state index in [4.69, 9.17) is 5.73 Å². The Bertz CT molecular complexity index is 578. The van der Waals surface area contributed by atoms with Gasteiger partial charge in [-0.2, -0.15) is 0 Å². The van der Waals surface area contributed by atoms with E-state index < -0.39 is 0 Å². The number of hydrogen-bond donors (Lipinski definition) is 2. The molecular weight excluding hydrogens is 298 g/mol. The van der Waals surface area contributed by atoms with Gasteiger partial charge in [-0.15, -0.1) is 0 Å². The summed E-state index contributed by atoms with van der Waals surface area (Å²) in [6.07, 6.45) is 6.61. The van der Waals surface area contributed by atoms with Gasteiger partial charge >= 0.3 is 0 Å². The molecule has 0 bridgehead atoms. The van der Waals surface area contributed by atoms with Gasteiger partial charge in [-0.25, -0.2) is 0 Å². The molecule has 4 heteroatoms. The Morgan fingerprint density at radius 1 is 1.29 bits per heavy atom. The standard InChI is InChI=1S/C20H31N3O/c1-15(22-19(24)18-10-3-4-11-20(18,2)21)16-8-7-9-17(14-16)23-12-5-6-13-23/h7-9,14-15,18H,3-6,10-13,21H2,1-2H3,(H,22,24). The number of hydrogen-bond acceptors (Lipinski definition) is 3. The Hall–Kier alpha value is -1.55. The van der Waals surface area contributed by atoms with Crippen molar-refractivity contribution in [2.24, 2.45) is 11.7 Å². The van der Waals surface area contributed by atoms with Crippen LogP contribution in [0.15, 0.2) is 24.3 Å². The molecule has 3 atom stereocenters. The first-order chi connectivity index (χ1) is 11.5. The van der Waals surface area contributed by atoms with Crippen molar-refractivity contribution < 1.29 is 4.79 Å². The van der Waals surface area contributed by atoms with Crippen LogP contribution < -0.4 is 16.0 Å². The molecule has 0 radical (unpaired) electrons. The first kappa shape index (κ1) is 17.3. The van der Waals surface area contributed by atoms with Gasteiger partial charge in [0.15, 0.2) is 0 Å². The van der Waals surface area contributed by atoms with Crippen molar-refractivity contribution in [1.29, 1.82) is 0 Å². The second kappa shape index (κ2) is 7.14. The molecule has 1 amide bonds. The zero-order valence-electron chi connectivity index (χ0n) is 15.1. The van der Waals surface area contributed by atoms with Crippen molar-refractivity contribution in [1.82, 2.24) is 5.32 Å². The van der Waals surface area contributed by atoms with Gasteiger partial charge < -0.3 is 16.0 Å². The maximum atomic E-state index is 12.7. The fraction of sp³-hybridized carbons (Fsp3) is 0.650. The number of rotatable bonds is 4. The van der Waals surface area contributed by atoms with Crippen LogP contribution in [0.1, 0.15) is 64.0 Å². The van der Waals surface area contributed by atoms with Crippen LogP contribution in [-0.4, -0.2) is 24.5 Å². The fourth-order valence-electron chi connectivity index (χ4n) is 4.15. The molecule has 1 heterocycles. The van der Waals surface area contributed by atoms with Crippen LogP contribution in [-0.2, 0) is 4.79 Å². The van der Waals surface area contributed by atoms with Crippen LogP contribution in [0.5, 0.6) is 0 Å². The predicted molar refractivity (Wildman–Crippen MR) is 99.0 cm³/mol. The lowest BCUT2D eigenvalue weighted by Crippen LogP contribution is -2.53. The maximum absolute atomic E-state index is 12.7. The quantitative estimate of drug-likeness (QED) is 0.890. The number of carbonyl (C=O) groups excluding carboxylic acids is 1. The Balaban J connectivity index is 1.67. The lowest BCUT2D eigenvalue weighted by atomic mass is 9.74. The van der Waals surface area contributed by atoms with Gasteiger partial charge in [-0.05, 0) is 57.2 Å². The van der Waals surface area contributed by atoms with E-state index in [0.717, 1.165) is 38.8 Å². The molecule has 0 aromatic heterocycles. The van der Waals surface area contributed by atoms with Crippen LogP contribution in [0.4, 0.5) is 5.69 Å². The molecule has 1 aliphatic heterocycles. The molecule has 4 nitrogen and oxygen atoms in total. The molecule has 3 unspecified atom stereocenters. The molecule has 2 aliphatic rings. The highest BCUT2D eigenvalue weighted by molar-refractivity contribution is 5.80. The highest BCUT2D eigenvalue weighted by Crippen LogP contribution is 2.32. The van der Waals surface area contributed by atoms with Crippen molar-refractivity contribution in [2.75, 3.05) is 18.0 Å². The zero-order chi connectivity index (χ0) is 17.2. The molecule has 1 aromatic rings. The van der Waals surface area contributed by atoms with Crippen LogP contribution in [0.2, 0.25) is 0 Å². The monoisotopic (exact) mass is 329 g/mol. The molecule has 1 saturated heterocycles. The Kier molecular flexibility index (Phi) is 5.14. The molecular formula is C20H31N3O. The third-order valence-electron chi connectivity index (χ3n) is 5.77. The molecule has 2 fully saturated rings. The summed E-state index contributed by atoms with van der Waals surface area (Å²) in [6, 6.07) is 8.60. The number of nitrogens with one attached hydrogen (secondary N) is 1. The zero-order valence-corrected chi connectivity index (χ0v) is 15.1. The van der Waals surface area contributed by atoms with Gasteiger partial charge in [0.2, 0.25) is 5.91 Å². The molecule has 24 heavy (non-hydrogen) atoms. The number of carbonyl (C=O) groups is 1. The summed E-state index contributed by atoms with van der Waals surface area (Å²) >= 11 is 0. The normalized spacial score (nSPS) is 28.6. The summed E-state index contributed by atoms with van der Waals surface area (Å²) in [6.45, 7) is 6.36. The second-order valence-electron chi connectivity index (χ2n) is 7.82. The Labute approximate surface area is 145 Å². The topological polar surface area (TPSA) is 58.4 Å². The lowest BCUT2D eigenvalue weighted by molar-refractivity contribution is -0.128. The minimum Gasteiger partial charge on any atom is -0.372 e. The minimum absolute atomic E-state index is 0.0118. The van der Waals surface area contributed by atoms with E-state index in [1.807, 2.05) is 6.92 Å².